The van der Waals surface area contributed by atoms with Crippen LogP contribution in [0, 0.1) is 0 Å². The van der Waals surface area contributed by atoms with Gasteiger partial charge in [0.05, 0.1) is 5.56 Å². The van der Waals surface area contributed by atoms with E-state index >= 15 is 0 Å². The summed E-state index contributed by atoms with van der Waals surface area (Å²) < 4.78 is 2.07. The zero-order chi connectivity index (χ0) is 14.5. The molecule has 0 bridgehead atoms. The lowest BCUT2D eigenvalue weighted by Gasteiger charge is -2.03. The van der Waals surface area contributed by atoms with Crippen LogP contribution in [0.5, 0.6) is 0 Å². The van der Waals surface area contributed by atoms with Crippen LogP contribution in [0.1, 0.15) is 28.8 Å². The van der Waals surface area contributed by atoms with Gasteiger partial charge in [0.15, 0.2) is 0 Å². The molecule has 0 aliphatic carbocycles. The monoisotopic (exact) mass is 276 g/mol. The Morgan fingerprint density at radius 3 is 2.75 bits per heavy atom. The average molecular weight is 276 g/mol. The Morgan fingerprint density at radius 2 is 2.10 bits per heavy atom. The molecule has 4 N–H and O–H groups in total. The van der Waals surface area contributed by atoms with Crippen LogP contribution in [-0.4, -0.2) is 33.9 Å². The van der Waals surface area contributed by atoms with Gasteiger partial charge in [0, 0.05) is 30.3 Å². The number of carbonyl (C=O) groups is 1. The SMILES string of the molecule is NCCCc1cn(CCCO)c2ccc(C(=O)O)cc12. The lowest BCUT2D eigenvalue weighted by Crippen LogP contribution is -2.00. The summed E-state index contributed by atoms with van der Waals surface area (Å²) in [5.41, 5.74) is 7.98. The van der Waals surface area contributed by atoms with Gasteiger partial charge < -0.3 is 20.5 Å². The van der Waals surface area contributed by atoms with Gasteiger partial charge in [-0.05, 0) is 49.6 Å². The van der Waals surface area contributed by atoms with Gasteiger partial charge in [0.1, 0.15) is 0 Å². The molecule has 0 radical (unpaired) electrons. The van der Waals surface area contributed by atoms with Crippen LogP contribution in [0.25, 0.3) is 10.9 Å². The van der Waals surface area contributed by atoms with Crippen molar-refractivity contribution in [3.05, 3.63) is 35.5 Å². The van der Waals surface area contributed by atoms with E-state index in [1.165, 1.54) is 0 Å². The van der Waals surface area contributed by atoms with Crippen molar-refractivity contribution in [1.29, 1.82) is 0 Å². The molecule has 0 saturated carbocycles. The third-order valence-corrected chi connectivity index (χ3v) is 3.42. The van der Waals surface area contributed by atoms with Crippen LogP contribution < -0.4 is 5.73 Å². The Balaban J connectivity index is 2.45. The molecule has 5 nitrogen and oxygen atoms in total. The minimum absolute atomic E-state index is 0.144. The Hall–Kier alpha value is -1.85. The van der Waals surface area contributed by atoms with Crippen molar-refractivity contribution in [1.82, 2.24) is 4.57 Å². The van der Waals surface area contributed by atoms with Crippen LogP contribution in [0.4, 0.5) is 0 Å². The number of benzene rings is 1. The van der Waals surface area contributed by atoms with Gasteiger partial charge in [-0.3, -0.25) is 0 Å². The van der Waals surface area contributed by atoms with E-state index in [1.807, 2.05) is 12.3 Å². The first-order valence-corrected chi connectivity index (χ1v) is 6.83. The van der Waals surface area contributed by atoms with E-state index in [4.69, 9.17) is 15.9 Å². The number of carboxylic acid groups (broad SMARTS) is 1. The quantitative estimate of drug-likeness (QED) is 0.717. The van der Waals surface area contributed by atoms with Gasteiger partial charge >= 0.3 is 5.97 Å². The van der Waals surface area contributed by atoms with E-state index in [0.717, 1.165) is 35.9 Å². The summed E-state index contributed by atoms with van der Waals surface area (Å²) in [6.07, 6.45) is 4.43. The zero-order valence-corrected chi connectivity index (χ0v) is 11.4. The highest BCUT2D eigenvalue weighted by molar-refractivity contribution is 5.95. The Bertz CT molecular complexity index is 604. The number of rotatable bonds is 7. The highest BCUT2D eigenvalue weighted by Crippen LogP contribution is 2.24. The number of hydrogen-bond acceptors (Lipinski definition) is 3. The molecule has 0 amide bonds. The maximum atomic E-state index is 11.1. The second-order valence-electron chi connectivity index (χ2n) is 4.85. The Morgan fingerprint density at radius 1 is 1.30 bits per heavy atom. The number of carboxylic acids is 1. The van der Waals surface area contributed by atoms with Crippen molar-refractivity contribution in [2.75, 3.05) is 13.2 Å². The molecule has 108 valence electrons. The number of hydrogen-bond donors (Lipinski definition) is 3. The molecule has 0 fully saturated rings. The minimum atomic E-state index is -0.917. The molecule has 5 heteroatoms. The third kappa shape index (κ3) is 3.00. The summed E-state index contributed by atoms with van der Waals surface area (Å²) in [5, 5.41) is 19.0. The number of aliphatic hydroxyl groups excluding tert-OH is 1. The summed E-state index contributed by atoms with van der Waals surface area (Å²) in [6, 6.07) is 5.17. The van der Waals surface area contributed by atoms with Crippen molar-refractivity contribution in [2.24, 2.45) is 5.73 Å². The summed E-state index contributed by atoms with van der Waals surface area (Å²) in [5.74, 6) is -0.917. The molecule has 20 heavy (non-hydrogen) atoms. The number of aromatic nitrogens is 1. The smallest absolute Gasteiger partial charge is 0.335 e. The van der Waals surface area contributed by atoms with E-state index < -0.39 is 5.97 Å². The van der Waals surface area contributed by atoms with Crippen molar-refractivity contribution < 1.29 is 15.0 Å². The maximum absolute atomic E-state index is 11.1. The first-order valence-electron chi connectivity index (χ1n) is 6.83. The van der Waals surface area contributed by atoms with Crippen molar-refractivity contribution in [3.63, 3.8) is 0 Å². The second-order valence-corrected chi connectivity index (χ2v) is 4.85. The highest BCUT2D eigenvalue weighted by Gasteiger charge is 2.11. The number of aryl methyl sites for hydroxylation is 2. The number of aromatic carboxylic acids is 1. The summed E-state index contributed by atoms with van der Waals surface area (Å²) in [4.78, 5) is 11.1. The molecule has 2 aromatic rings. The summed E-state index contributed by atoms with van der Waals surface area (Å²) in [7, 11) is 0. The average Bonchev–Trinajstić information content (AvgIpc) is 2.80. The van der Waals surface area contributed by atoms with Crippen LogP contribution in [0.15, 0.2) is 24.4 Å². The van der Waals surface area contributed by atoms with Gasteiger partial charge in [-0.15, -0.1) is 0 Å². The number of nitrogens with zero attached hydrogens (tertiary/aromatic N) is 1. The highest BCUT2D eigenvalue weighted by atomic mass is 16.4. The molecular formula is C15H20N2O3. The molecule has 1 aromatic heterocycles. The fraction of sp³-hybridized carbons (Fsp3) is 0.400. The summed E-state index contributed by atoms with van der Waals surface area (Å²) >= 11 is 0. The minimum Gasteiger partial charge on any atom is -0.478 e. The molecule has 0 unspecified atom stereocenters. The van der Waals surface area contributed by atoms with Crippen LogP contribution in [-0.2, 0) is 13.0 Å². The Labute approximate surface area is 117 Å². The molecule has 1 aromatic carbocycles. The van der Waals surface area contributed by atoms with Crippen LogP contribution in [0.2, 0.25) is 0 Å². The number of fused-ring (bicyclic) bond motifs is 1. The third-order valence-electron chi connectivity index (χ3n) is 3.42. The van der Waals surface area contributed by atoms with E-state index in [9.17, 15) is 4.79 Å². The van der Waals surface area contributed by atoms with Crippen LogP contribution >= 0.6 is 0 Å². The predicted octanol–water partition coefficient (Wildman–Crippen LogP) is 1.61. The fourth-order valence-corrected chi connectivity index (χ4v) is 2.42. The van der Waals surface area contributed by atoms with Gasteiger partial charge in [-0.25, -0.2) is 4.79 Å². The van der Waals surface area contributed by atoms with Crippen molar-refractivity contribution >= 4 is 16.9 Å². The predicted molar refractivity (Wildman–Crippen MR) is 78.0 cm³/mol. The number of nitrogens with two attached hydrogens (primary N) is 1. The maximum Gasteiger partial charge on any atom is 0.335 e. The molecule has 0 saturated heterocycles. The molecule has 0 aliphatic heterocycles. The van der Waals surface area contributed by atoms with Gasteiger partial charge in [-0.1, -0.05) is 0 Å². The Kier molecular flexibility index (Phi) is 4.76. The topological polar surface area (TPSA) is 88.5 Å². The van der Waals surface area contributed by atoms with Crippen molar-refractivity contribution in [3.8, 4) is 0 Å². The molecule has 2 rings (SSSR count). The summed E-state index contributed by atoms with van der Waals surface area (Å²) in [6.45, 7) is 1.48. The first-order chi connectivity index (χ1) is 9.67. The van der Waals surface area contributed by atoms with Gasteiger partial charge in [0.25, 0.3) is 0 Å². The lowest BCUT2D eigenvalue weighted by molar-refractivity contribution is 0.0697. The first kappa shape index (κ1) is 14.6. The molecule has 0 aliphatic rings. The van der Waals surface area contributed by atoms with Gasteiger partial charge in [0.2, 0.25) is 0 Å². The molecule has 1 heterocycles. The molecular weight excluding hydrogens is 256 g/mol. The lowest BCUT2D eigenvalue weighted by atomic mass is 10.1. The second kappa shape index (κ2) is 6.54. The molecule has 0 spiro atoms. The van der Waals surface area contributed by atoms with E-state index in [-0.39, 0.29) is 6.61 Å². The van der Waals surface area contributed by atoms with Crippen LogP contribution in [0.3, 0.4) is 0 Å². The fourth-order valence-electron chi connectivity index (χ4n) is 2.42. The molecule has 0 atom stereocenters. The van der Waals surface area contributed by atoms with Gasteiger partial charge in [-0.2, -0.15) is 0 Å². The largest absolute Gasteiger partial charge is 0.478 e. The number of aliphatic hydroxyl groups is 1. The standard InChI is InChI=1S/C15H20N2O3/c16-6-1-3-12-10-17(7-2-8-18)14-5-4-11(15(19)20)9-13(12)14/h4-5,9-10,18H,1-3,6-8,16H2,(H,19,20). The normalized spacial score (nSPS) is 11.1. The van der Waals surface area contributed by atoms with E-state index in [1.54, 1.807) is 12.1 Å². The van der Waals surface area contributed by atoms with E-state index in [0.29, 0.717) is 18.5 Å². The van der Waals surface area contributed by atoms with E-state index in [2.05, 4.69) is 4.57 Å². The zero-order valence-electron chi connectivity index (χ0n) is 11.4. The van der Waals surface area contributed by atoms with Crippen molar-refractivity contribution in [2.45, 2.75) is 25.8 Å².